The molecule has 0 saturated carbocycles. The van der Waals surface area contributed by atoms with E-state index >= 15 is 4.39 Å². The highest BCUT2D eigenvalue weighted by Crippen LogP contribution is 2.32. The molecule has 0 aliphatic rings. The van der Waals surface area contributed by atoms with Crippen molar-refractivity contribution in [1.29, 1.82) is 0 Å². The van der Waals surface area contributed by atoms with Gasteiger partial charge >= 0.3 is 6.61 Å². The van der Waals surface area contributed by atoms with Crippen molar-refractivity contribution in [2.24, 2.45) is 0 Å². The van der Waals surface area contributed by atoms with Gasteiger partial charge in [0.15, 0.2) is 11.6 Å². The third-order valence-corrected chi connectivity index (χ3v) is 5.10. The van der Waals surface area contributed by atoms with Gasteiger partial charge in [-0.05, 0) is 46.2 Å². The number of halogens is 4. The molecule has 1 nitrogen and oxygen atoms in total. The zero-order valence-electron chi connectivity index (χ0n) is 16.1. The van der Waals surface area contributed by atoms with E-state index < -0.39 is 18.2 Å². The Morgan fingerprint density at radius 2 is 1.47 bits per heavy atom. The lowest BCUT2D eigenvalue weighted by Crippen LogP contribution is -2.03. The second kappa shape index (κ2) is 8.19. The Hall–Kier alpha value is -3.34. The summed E-state index contributed by atoms with van der Waals surface area (Å²) in [6.45, 7) is -1.03. The van der Waals surface area contributed by atoms with Crippen LogP contribution in [0, 0.1) is 11.6 Å². The second-order valence-electron chi connectivity index (χ2n) is 6.94. The van der Waals surface area contributed by atoms with Crippen molar-refractivity contribution in [1.82, 2.24) is 0 Å². The van der Waals surface area contributed by atoms with E-state index in [1.54, 1.807) is 36.4 Å². The van der Waals surface area contributed by atoms with Crippen LogP contribution < -0.4 is 4.74 Å². The van der Waals surface area contributed by atoms with E-state index in [4.69, 9.17) is 0 Å². The van der Waals surface area contributed by atoms with Crippen LogP contribution in [0.1, 0.15) is 12.5 Å². The van der Waals surface area contributed by atoms with Crippen molar-refractivity contribution < 1.29 is 22.3 Å². The summed E-state index contributed by atoms with van der Waals surface area (Å²) in [5.41, 5.74) is 3.50. The Kier molecular flexibility index (Phi) is 5.44. The van der Waals surface area contributed by atoms with Crippen LogP contribution in [-0.2, 0) is 6.42 Å². The molecule has 0 aliphatic carbocycles. The standard InChI is InChI=1S/C25H18F4O/c1-2-15-3-10-21-19(13-15)8-11-20(24(21)27)17-6-4-16(5-7-17)18-9-12-23(22(26)14-18)30-25(28)29/h3-14,25H,2H2,1H3. The molecule has 0 N–H and O–H groups in total. The van der Waals surface area contributed by atoms with E-state index in [0.29, 0.717) is 27.6 Å². The normalized spacial score (nSPS) is 11.3. The number of ether oxygens (including phenoxy) is 1. The van der Waals surface area contributed by atoms with Gasteiger partial charge in [0.2, 0.25) is 0 Å². The highest BCUT2D eigenvalue weighted by atomic mass is 19.3. The smallest absolute Gasteiger partial charge is 0.387 e. The first-order valence-corrected chi connectivity index (χ1v) is 9.52. The summed E-state index contributed by atoms with van der Waals surface area (Å²) >= 11 is 0. The number of rotatable bonds is 5. The molecule has 0 bridgehead atoms. The number of alkyl halides is 2. The van der Waals surface area contributed by atoms with E-state index in [0.717, 1.165) is 29.5 Å². The van der Waals surface area contributed by atoms with Gasteiger partial charge in [-0.1, -0.05) is 67.6 Å². The SMILES string of the molecule is CCc1ccc2c(F)c(-c3ccc(-c4ccc(OC(F)F)c(F)c4)cc3)ccc2c1. The second-order valence-corrected chi connectivity index (χ2v) is 6.94. The van der Waals surface area contributed by atoms with Gasteiger partial charge in [-0.15, -0.1) is 0 Å². The first-order valence-electron chi connectivity index (χ1n) is 9.52. The van der Waals surface area contributed by atoms with Gasteiger partial charge in [0.1, 0.15) is 5.82 Å². The molecule has 30 heavy (non-hydrogen) atoms. The van der Waals surface area contributed by atoms with Gasteiger partial charge in [0.25, 0.3) is 0 Å². The molecule has 0 aliphatic heterocycles. The monoisotopic (exact) mass is 410 g/mol. The van der Waals surface area contributed by atoms with Gasteiger partial charge in [-0.2, -0.15) is 8.78 Å². The highest BCUT2D eigenvalue weighted by Gasteiger charge is 2.13. The number of hydrogen-bond acceptors (Lipinski definition) is 1. The van der Waals surface area contributed by atoms with Crippen molar-refractivity contribution in [3.05, 3.63) is 90.0 Å². The summed E-state index contributed by atoms with van der Waals surface area (Å²) in [6, 6.07) is 20.1. The fourth-order valence-corrected chi connectivity index (χ4v) is 3.50. The van der Waals surface area contributed by atoms with Crippen LogP contribution in [0.25, 0.3) is 33.0 Å². The van der Waals surface area contributed by atoms with Crippen LogP contribution >= 0.6 is 0 Å². The molecule has 0 amide bonds. The van der Waals surface area contributed by atoms with Crippen LogP contribution in [0.2, 0.25) is 0 Å². The number of hydrogen-bond donors (Lipinski definition) is 0. The summed E-state index contributed by atoms with van der Waals surface area (Å²) in [5, 5.41) is 1.42. The first-order chi connectivity index (χ1) is 14.5. The largest absolute Gasteiger partial charge is 0.432 e. The number of aryl methyl sites for hydroxylation is 1. The summed E-state index contributed by atoms with van der Waals surface area (Å²) in [5.74, 6) is -1.67. The Morgan fingerprint density at radius 3 is 2.13 bits per heavy atom. The number of benzene rings is 4. The zero-order chi connectivity index (χ0) is 21.3. The Morgan fingerprint density at radius 1 is 0.767 bits per heavy atom. The molecule has 0 radical (unpaired) electrons. The van der Waals surface area contributed by atoms with Gasteiger partial charge in [0.05, 0.1) is 0 Å². The minimum Gasteiger partial charge on any atom is -0.432 e. The maximum Gasteiger partial charge on any atom is 0.387 e. The maximum atomic E-state index is 15.1. The lowest BCUT2D eigenvalue weighted by molar-refractivity contribution is -0.0521. The number of fused-ring (bicyclic) bond motifs is 1. The van der Waals surface area contributed by atoms with Gasteiger partial charge in [-0.3, -0.25) is 0 Å². The lowest BCUT2D eigenvalue weighted by atomic mass is 9.96. The van der Waals surface area contributed by atoms with Gasteiger partial charge < -0.3 is 4.74 Å². The van der Waals surface area contributed by atoms with Crippen molar-refractivity contribution in [2.75, 3.05) is 0 Å². The van der Waals surface area contributed by atoms with E-state index in [2.05, 4.69) is 11.7 Å². The van der Waals surface area contributed by atoms with Crippen molar-refractivity contribution in [2.45, 2.75) is 20.0 Å². The summed E-state index contributed by atoms with van der Waals surface area (Å²) in [7, 11) is 0. The molecule has 0 heterocycles. The molecular formula is C25H18F4O. The molecule has 152 valence electrons. The predicted molar refractivity (Wildman–Crippen MR) is 111 cm³/mol. The third kappa shape index (κ3) is 3.88. The van der Waals surface area contributed by atoms with Crippen molar-refractivity contribution in [3.63, 3.8) is 0 Å². The Labute approximate surface area is 171 Å². The van der Waals surface area contributed by atoms with E-state index in [9.17, 15) is 13.2 Å². The van der Waals surface area contributed by atoms with Crippen LogP contribution in [0.3, 0.4) is 0 Å². The van der Waals surface area contributed by atoms with Crippen LogP contribution in [0.15, 0.2) is 72.8 Å². The summed E-state index contributed by atoms with van der Waals surface area (Å²) in [6.07, 6.45) is 0.886. The fraction of sp³-hybridized carbons (Fsp3) is 0.120. The predicted octanol–water partition coefficient (Wildman–Crippen LogP) is 7.62. The first kappa shape index (κ1) is 20.0. The average molecular weight is 410 g/mol. The van der Waals surface area contributed by atoms with Crippen molar-refractivity contribution >= 4 is 10.8 Å². The van der Waals surface area contributed by atoms with E-state index in [1.165, 1.54) is 6.07 Å². The fourth-order valence-electron chi connectivity index (χ4n) is 3.50. The molecule has 0 fully saturated rings. The minimum absolute atomic E-state index is 0.289. The van der Waals surface area contributed by atoms with Crippen LogP contribution in [0.4, 0.5) is 17.6 Å². The molecule has 5 heteroatoms. The molecule has 4 aromatic rings. The lowest BCUT2D eigenvalue weighted by Gasteiger charge is -2.10. The van der Waals surface area contributed by atoms with Crippen molar-refractivity contribution in [3.8, 4) is 28.0 Å². The summed E-state index contributed by atoms with van der Waals surface area (Å²) in [4.78, 5) is 0. The minimum atomic E-state index is -3.09. The summed E-state index contributed by atoms with van der Waals surface area (Å²) < 4.78 is 57.8. The molecular weight excluding hydrogens is 392 g/mol. The maximum absolute atomic E-state index is 15.1. The van der Waals surface area contributed by atoms with E-state index in [1.807, 2.05) is 18.2 Å². The van der Waals surface area contributed by atoms with Crippen LogP contribution in [-0.4, -0.2) is 6.61 Å². The van der Waals surface area contributed by atoms with Gasteiger partial charge in [0, 0.05) is 10.9 Å². The molecule has 0 atom stereocenters. The quantitative estimate of drug-likeness (QED) is 0.308. The molecule has 4 aromatic carbocycles. The van der Waals surface area contributed by atoms with Crippen LogP contribution in [0.5, 0.6) is 5.75 Å². The topological polar surface area (TPSA) is 9.23 Å². The third-order valence-electron chi connectivity index (χ3n) is 5.10. The molecule has 4 rings (SSSR count). The molecule has 0 spiro atoms. The Balaban J connectivity index is 1.65. The molecule has 0 unspecified atom stereocenters. The molecule has 0 aromatic heterocycles. The van der Waals surface area contributed by atoms with E-state index in [-0.39, 0.29) is 5.82 Å². The molecule has 0 saturated heterocycles. The average Bonchev–Trinajstić information content (AvgIpc) is 2.75. The zero-order valence-corrected chi connectivity index (χ0v) is 16.1. The highest BCUT2D eigenvalue weighted by molar-refractivity contribution is 5.89. The Bertz CT molecular complexity index is 1200. The van der Waals surface area contributed by atoms with Gasteiger partial charge in [-0.25, -0.2) is 8.78 Å².